The molecule has 1 aliphatic rings. The second kappa shape index (κ2) is 30.9. The molecule has 1 unspecified atom stereocenters. The molecule has 1 saturated heterocycles. The first-order valence-electron chi connectivity index (χ1n) is 19.3. The lowest BCUT2D eigenvalue weighted by Crippen LogP contribution is -2.49. The van der Waals surface area contributed by atoms with E-state index < -0.39 is 35.8 Å². The summed E-state index contributed by atoms with van der Waals surface area (Å²) in [5.74, 6) is -5.90. The van der Waals surface area contributed by atoms with Crippen LogP contribution in [0.3, 0.4) is 0 Å². The quantitative estimate of drug-likeness (QED) is 0.0439. The van der Waals surface area contributed by atoms with Crippen molar-refractivity contribution in [1.82, 2.24) is 39.6 Å². The van der Waals surface area contributed by atoms with Gasteiger partial charge in [0, 0.05) is 91.1 Å². The zero-order valence-corrected chi connectivity index (χ0v) is 34.4. The van der Waals surface area contributed by atoms with E-state index in [1.165, 1.54) is 13.8 Å². The largest absolute Gasteiger partial charge is 0.480 e. The number of ketones is 2. The molecule has 1 heterocycles. The number of hydrogen-bond acceptors (Lipinski definition) is 16. The molecule has 0 aromatic carbocycles. The maximum absolute atomic E-state index is 11.5. The fraction of sp³-hybridized carbons (Fsp3) is 0.778. The zero-order valence-electron chi connectivity index (χ0n) is 34.4. The molecule has 0 aliphatic carbocycles. The molecule has 22 nitrogen and oxygen atoms in total. The van der Waals surface area contributed by atoms with Crippen molar-refractivity contribution in [2.24, 2.45) is 0 Å². The van der Waals surface area contributed by atoms with Crippen LogP contribution in [0.25, 0.3) is 0 Å². The average molecular weight is 835 g/mol. The minimum atomic E-state index is -1.00. The Labute approximate surface area is 339 Å². The van der Waals surface area contributed by atoms with Crippen molar-refractivity contribution in [2.45, 2.75) is 40.2 Å². The number of aliphatic carboxylic acids is 6. The van der Waals surface area contributed by atoms with Gasteiger partial charge >= 0.3 is 35.8 Å². The first-order chi connectivity index (χ1) is 27.2. The molecule has 0 aromatic rings. The summed E-state index contributed by atoms with van der Waals surface area (Å²) in [6.45, 7) is 11.7. The lowest BCUT2D eigenvalue weighted by atomic mass is 10.2. The van der Waals surface area contributed by atoms with Crippen molar-refractivity contribution in [2.75, 3.05) is 144 Å². The molecule has 0 amide bonds. The summed E-state index contributed by atoms with van der Waals surface area (Å²) in [7, 11) is 0. The van der Waals surface area contributed by atoms with Gasteiger partial charge < -0.3 is 36.0 Å². The highest BCUT2D eigenvalue weighted by Crippen LogP contribution is 2.03. The second-order valence-electron chi connectivity index (χ2n) is 14.4. The monoisotopic (exact) mass is 834 g/mol. The van der Waals surface area contributed by atoms with Gasteiger partial charge in [-0.1, -0.05) is 6.92 Å². The number of Topliss-reactive ketones (excluding diaryl/α,β-unsaturated/α-hetero) is 2. The minimum Gasteiger partial charge on any atom is -0.480 e. The van der Waals surface area contributed by atoms with Crippen LogP contribution in [-0.4, -0.2) is 262 Å². The van der Waals surface area contributed by atoms with Gasteiger partial charge in [-0.25, -0.2) is 0 Å². The van der Waals surface area contributed by atoms with Gasteiger partial charge in [0.15, 0.2) is 0 Å². The van der Waals surface area contributed by atoms with Gasteiger partial charge in [0.25, 0.3) is 0 Å². The van der Waals surface area contributed by atoms with E-state index in [0.717, 1.165) is 6.42 Å². The highest BCUT2D eigenvalue weighted by Gasteiger charge is 2.21. The van der Waals surface area contributed by atoms with Crippen molar-refractivity contribution in [3.63, 3.8) is 0 Å². The van der Waals surface area contributed by atoms with Crippen LogP contribution in [0.15, 0.2) is 0 Å². The van der Waals surface area contributed by atoms with E-state index in [0.29, 0.717) is 91.6 Å². The highest BCUT2D eigenvalue weighted by atomic mass is 16.4. The molecule has 58 heavy (non-hydrogen) atoms. The van der Waals surface area contributed by atoms with Crippen molar-refractivity contribution >= 4 is 47.4 Å². The lowest BCUT2D eigenvalue weighted by molar-refractivity contribution is -0.140. The average Bonchev–Trinajstić information content (AvgIpc) is 3.08. The Bertz CT molecular complexity index is 1200. The van der Waals surface area contributed by atoms with Gasteiger partial charge in [-0.15, -0.1) is 0 Å². The van der Waals surface area contributed by atoms with E-state index in [1.807, 2.05) is 18.7 Å². The van der Waals surface area contributed by atoms with E-state index in [-0.39, 0.29) is 70.0 Å². The number of nitrogens with one attached hydrogen (secondary N) is 1. The predicted molar refractivity (Wildman–Crippen MR) is 210 cm³/mol. The van der Waals surface area contributed by atoms with Crippen molar-refractivity contribution in [1.29, 1.82) is 0 Å². The van der Waals surface area contributed by atoms with Gasteiger partial charge in [0.05, 0.1) is 52.4 Å². The first-order valence-corrected chi connectivity index (χ1v) is 19.3. The Balaban J connectivity index is 0.00000112. The highest BCUT2D eigenvalue weighted by molar-refractivity contribution is 5.78. The number of carbonyl (C=O) groups excluding carboxylic acids is 2. The Morgan fingerprint density at radius 3 is 1.09 bits per heavy atom. The van der Waals surface area contributed by atoms with E-state index in [1.54, 1.807) is 29.4 Å². The molecular weight excluding hydrogens is 768 g/mol. The fourth-order valence-corrected chi connectivity index (χ4v) is 6.10. The van der Waals surface area contributed by atoms with E-state index in [9.17, 15) is 43.5 Å². The smallest absolute Gasteiger partial charge is 0.317 e. The van der Waals surface area contributed by atoms with E-state index in [2.05, 4.69) is 5.32 Å². The summed E-state index contributed by atoms with van der Waals surface area (Å²) in [5.41, 5.74) is 0. The zero-order chi connectivity index (χ0) is 44.2. The fourth-order valence-electron chi connectivity index (χ4n) is 6.10. The number of rotatable bonds is 27. The lowest BCUT2D eigenvalue weighted by Gasteiger charge is -2.32. The maximum atomic E-state index is 11.5. The number of hydrogen-bond donors (Lipinski definition) is 7. The van der Waals surface area contributed by atoms with Crippen molar-refractivity contribution in [3.05, 3.63) is 0 Å². The van der Waals surface area contributed by atoms with Crippen molar-refractivity contribution < 1.29 is 69.0 Å². The standard InChI is InChI=1S/C19H36N4O7.C17H30N4O7/c1-4-5-21(12-17(25)26)6-7-22(13-18(27)28)8-9-23(14-19(29)30)11-15(2)20-10-16(3)24;1-14(22)10-18-2-4-19(11-15(23)24)6-8-21(13-17(27)28)9-7-20(5-3-18)12-16(25)26/h15,20H,4-14H2,1-3H3,(H,25,26)(H,27,28)(H,29,30);2-13H2,1H3,(H,23,24)(H,25,26)(H,27,28). The molecule has 0 radical (unpaired) electrons. The van der Waals surface area contributed by atoms with Crippen molar-refractivity contribution in [3.8, 4) is 0 Å². The van der Waals surface area contributed by atoms with E-state index in [4.69, 9.17) is 25.5 Å². The normalized spacial score (nSPS) is 15.8. The van der Waals surface area contributed by atoms with Gasteiger partial charge in [-0.3, -0.25) is 72.7 Å². The summed E-state index contributed by atoms with van der Waals surface area (Å²) in [5, 5.41) is 57.7. The Morgan fingerprint density at radius 1 is 0.483 bits per heavy atom. The van der Waals surface area contributed by atoms with Crippen LogP contribution < -0.4 is 5.32 Å². The van der Waals surface area contributed by atoms with Gasteiger partial charge in [0.2, 0.25) is 0 Å². The number of carbonyl (C=O) groups is 8. The van der Waals surface area contributed by atoms with Crippen LogP contribution >= 0.6 is 0 Å². The van der Waals surface area contributed by atoms with Gasteiger partial charge in [-0.05, 0) is 33.7 Å². The molecule has 1 atom stereocenters. The minimum absolute atomic E-state index is 0.0164. The third-order valence-corrected chi connectivity index (χ3v) is 8.77. The Kier molecular flexibility index (Phi) is 28.6. The molecule has 22 heteroatoms. The molecule has 0 saturated carbocycles. The number of carboxylic acid groups (broad SMARTS) is 6. The Hall–Kier alpha value is -4.16. The Morgan fingerprint density at radius 2 is 0.793 bits per heavy atom. The molecule has 0 spiro atoms. The first kappa shape index (κ1) is 53.8. The summed E-state index contributed by atoms with van der Waals surface area (Å²) >= 11 is 0. The summed E-state index contributed by atoms with van der Waals surface area (Å²) < 4.78 is 0. The molecular formula is C36H66N8O14. The van der Waals surface area contributed by atoms with Crippen LogP contribution in [-0.2, 0) is 38.4 Å². The van der Waals surface area contributed by atoms with Crippen LogP contribution in [0.1, 0.15) is 34.1 Å². The number of nitrogens with zero attached hydrogens (tertiary/aromatic N) is 7. The van der Waals surface area contributed by atoms with Gasteiger partial charge in [-0.2, -0.15) is 0 Å². The molecule has 1 rings (SSSR count). The molecule has 7 N–H and O–H groups in total. The second-order valence-corrected chi connectivity index (χ2v) is 14.4. The predicted octanol–water partition coefficient (Wildman–Crippen LogP) is -2.83. The summed E-state index contributed by atoms with van der Waals surface area (Å²) in [6, 6.07) is -0.114. The van der Waals surface area contributed by atoms with E-state index >= 15 is 0 Å². The SMILES string of the molecule is CC(=O)CN1CCN(CC(=O)O)CCN(CC(=O)O)CCN(CC(=O)O)CC1.CCCN(CCN(CCN(CC(=O)O)CC(C)NCC(C)=O)CC(=O)O)CC(=O)O. The third kappa shape index (κ3) is 30.9. The molecule has 0 aromatic heterocycles. The summed E-state index contributed by atoms with van der Waals surface area (Å²) in [4.78, 5) is 102. The van der Waals surface area contributed by atoms with Crippen LogP contribution in [0.4, 0.5) is 0 Å². The van der Waals surface area contributed by atoms with Gasteiger partial charge in [0.1, 0.15) is 11.6 Å². The van der Waals surface area contributed by atoms with Crippen LogP contribution in [0.5, 0.6) is 0 Å². The summed E-state index contributed by atoms with van der Waals surface area (Å²) in [6.07, 6.45) is 0.781. The molecule has 1 fully saturated rings. The van der Waals surface area contributed by atoms with Crippen LogP contribution in [0, 0.1) is 0 Å². The molecule has 0 bridgehead atoms. The third-order valence-electron chi connectivity index (χ3n) is 8.77. The number of carboxylic acids is 6. The maximum Gasteiger partial charge on any atom is 0.317 e. The molecule has 1 aliphatic heterocycles. The van der Waals surface area contributed by atoms with Crippen LogP contribution in [0.2, 0.25) is 0 Å². The molecule has 334 valence electrons. The topological polar surface area (TPSA) is 293 Å².